The van der Waals surface area contributed by atoms with Gasteiger partial charge in [-0.25, -0.2) is 0 Å². The quantitative estimate of drug-likeness (QED) is 0.719. The molecule has 1 unspecified atom stereocenters. The third kappa shape index (κ3) is 2.63. The number of nitrogens with one attached hydrogen (secondary N) is 2. The Kier molecular flexibility index (Phi) is 4.11. The van der Waals surface area contributed by atoms with Crippen molar-refractivity contribution < 1.29 is 4.79 Å². The second-order valence-corrected chi connectivity index (χ2v) is 7.50. The van der Waals surface area contributed by atoms with Crippen LogP contribution in [0.4, 0.5) is 0 Å². The van der Waals surface area contributed by atoms with Crippen molar-refractivity contribution in [1.82, 2.24) is 14.9 Å². The summed E-state index contributed by atoms with van der Waals surface area (Å²) in [5.41, 5.74) is 3.09. The molecule has 4 rings (SSSR count). The molecular formula is C20H20ClN3O2. The van der Waals surface area contributed by atoms with Gasteiger partial charge < -0.3 is 14.9 Å². The number of para-hydroxylation sites is 1. The third-order valence-corrected chi connectivity index (χ3v) is 5.29. The summed E-state index contributed by atoms with van der Waals surface area (Å²) in [6.45, 7) is 4.75. The highest BCUT2D eigenvalue weighted by molar-refractivity contribution is 6.30. The van der Waals surface area contributed by atoms with E-state index in [2.05, 4.69) is 35.9 Å². The molecule has 0 aliphatic carbocycles. The molecule has 0 fully saturated rings. The van der Waals surface area contributed by atoms with E-state index in [0.29, 0.717) is 11.6 Å². The molecule has 0 saturated heterocycles. The number of nitrogens with zero attached hydrogens (tertiary/aromatic N) is 1. The number of pyridine rings is 1. The topological polar surface area (TPSA) is 69.0 Å². The molecule has 2 N–H and O–H groups in total. The first-order valence-corrected chi connectivity index (χ1v) is 9.14. The van der Waals surface area contributed by atoms with E-state index in [4.69, 9.17) is 11.6 Å². The minimum absolute atomic E-state index is 0.0858. The maximum absolute atomic E-state index is 13.1. The minimum atomic E-state index is -0.413. The number of rotatable bonds is 2. The Hall–Kier alpha value is -2.53. The zero-order chi connectivity index (χ0) is 18.4. The van der Waals surface area contributed by atoms with E-state index >= 15 is 0 Å². The molecule has 1 amide bonds. The summed E-state index contributed by atoms with van der Waals surface area (Å²) in [5.74, 6) is -0.0823. The lowest BCUT2D eigenvalue weighted by molar-refractivity contribution is 0.0596. The van der Waals surface area contributed by atoms with Gasteiger partial charge in [-0.1, -0.05) is 43.6 Å². The number of aromatic nitrogens is 2. The maximum atomic E-state index is 13.1. The SMILES string of the molecule is CC(C)C1c2[nH]c3ccccc3c2CCN1C(=O)c1cc(Cl)c[nH]c1=O. The first kappa shape index (κ1) is 16.9. The van der Waals surface area contributed by atoms with Crippen molar-refractivity contribution in [2.45, 2.75) is 26.3 Å². The van der Waals surface area contributed by atoms with Gasteiger partial charge in [0.1, 0.15) is 5.56 Å². The molecule has 6 heteroatoms. The monoisotopic (exact) mass is 369 g/mol. The summed E-state index contributed by atoms with van der Waals surface area (Å²) < 4.78 is 0. The average molecular weight is 370 g/mol. The van der Waals surface area contributed by atoms with Crippen molar-refractivity contribution in [2.75, 3.05) is 6.54 Å². The molecule has 5 nitrogen and oxygen atoms in total. The van der Waals surface area contributed by atoms with E-state index in [1.807, 2.05) is 12.1 Å². The van der Waals surface area contributed by atoms with E-state index in [1.165, 1.54) is 23.2 Å². The van der Waals surface area contributed by atoms with E-state index in [0.717, 1.165) is 17.6 Å². The van der Waals surface area contributed by atoms with E-state index in [9.17, 15) is 9.59 Å². The number of benzene rings is 1. The van der Waals surface area contributed by atoms with Gasteiger partial charge >= 0.3 is 0 Å². The van der Waals surface area contributed by atoms with Gasteiger partial charge in [-0.2, -0.15) is 0 Å². The zero-order valence-corrected chi connectivity index (χ0v) is 15.4. The molecule has 0 bridgehead atoms. The van der Waals surface area contributed by atoms with Crippen molar-refractivity contribution in [1.29, 1.82) is 0 Å². The van der Waals surface area contributed by atoms with Gasteiger partial charge in [-0.15, -0.1) is 0 Å². The Balaban J connectivity index is 1.81. The Morgan fingerprint density at radius 2 is 2.08 bits per heavy atom. The third-order valence-electron chi connectivity index (χ3n) is 5.07. The predicted octanol–water partition coefficient (Wildman–Crippen LogP) is 3.91. The van der Waals surface area contributed by atoms with E-state index in [1.54, 1.807) is 4.90 Å². The number of carbonyl (C=O) groups excluding carboxylic acids is 1. The van der Waals surface area contributed by atoms with Crippen molar-refractivity contribution in [3.63, 3.8) is 0 Å². The van der Waals surface area contributed by atoms with Crippen LogP contribution in [0.3, 0.4) is 0 Å². The largest absolute Gasteiger partial charge is 0.356 e. The lowest BCUT2D eigenvalue weighted by Gasteiger charge is -2.38. The lowest BCUT2D eigenvalue weighted by Crippen LogP contribution is -2.43. The number of halogens is 1. The van der Waals surface area contributed by atoms with Crippen molar-refractivity contribution in [3.8, 4) is 0 Å². The zero-order valence-electron chi connectivity index (χ0n) is 14.7. The number of amides is 1. The summed E-state index contributed by atoms with van der Waals surface area (Å²) in [6, 6.07) is 9.53. The summed E-state index contributed by atoms with van der Waals surface area (Å²) in [4.78, 5) is 33.1. The summed E-state index contributed by atoms with van der Waals surface area (Å²) in [5, 5.41) is 1.55. The fourth-order valence-corrected chi connectivity index (χ4v) is 4.13. The molecule has 0 radical (unpaired) electrons. The Labute approximate surface area is 156 Å². The summed E-state index contributed by atoms with van der Waals surface area (Å²) >= 11 is 5.99. The van der Waals surface area contributed by atoms with E-state index in [-0.39, 0.29) is 23.4 Å². The van der Waals surface area contributed by atoms with Crippen LogP contribution in [0.5, 0.6) is 0 Å². The molecule has 0 saturated carbocycles. The van der Waals surface area contributed by atoms with Crippen LogP contribution in [0.1, 0.15) is 41.5 Å². The van der Waals surface area contributed by atoms with Crippen molar-refractivity contribution in [3.05, 3.63) is 68.7 Å². The number of aromatic amines is 2. The molecule has 2 aromatic heterocycles. The molecule has 3 heterocycles. The summed E-state index contributed by atoms with van der Waals surface area (Å²) in [6.07, 6.45) is 2.15. The molecule has 26 heavy (non-hydrogen) atoms. The molecule has 3 aromatic rings. The van der Waals surface area contributed by atoms with Gasteiger partial charge in [0.15, 0.2) is 0 Å². The molecular weight excluding hydrogens is 350 g/mol. The fraction of sp³-hybridized carbons (Fsp3) is 0.300. The van der Waals surface area contributed by atoms with Crippen molar-refractivity contribution >= 4 is 28.4 Å². The normalized spacial score (nSPS) is 16.9. The highest BCUT2D eigenvalue weighted by Crippen LogP contribution is 2.38. The highest BCUT2D eigenvalue weighted by Gasteiger charge is 2.36. The first-order chi connectivity index (χ1) is 12.5. The Morgan fingerprint density at radius 1 is 1.31 bits per heavy atom. The number of fused-ring (bicyclic) bond motifs is 3. The molecule has 1 aromatic carbocycles. The average Bonchev–Trinajstić information content (AvgIpc) is 3.00. The van der Waals surface area contributed by atoms with Crippen LogP contribution in [-0.2, 0) is 6.42 Å². The molecule has 0 spiro atoms. The van der Waals surface area contributed by atoms with Crippen LogP contribution in [-0.4, -0.2) is 27.3 Å². The van der Waals surface area contributed by atoms with Crippen LogP contribution in [0.25, 0.3) is 10.9 Å². The second-order valence-electron chi connectivity index (χ2n) is 7.06. The number of hydrogen-bond donors (Lipinski definition) is 2. The van der Waals surface area contributed by atoms with Gasteiger partial charge in [-0.3, -0.25) is 9.59 Å². The highest BCUT2D eigenvalue weighted by atomic mass is 35.5. The Bertz CT molecular complexity index is 1050. The second kappa shape index (κ2) is 6.32. The van der Waals surface area contributed by atoms with Gasteiger partial charge in [0.05, 0.1) is 11.1 Å². The lowest BCUT2D eigenvalue weighted by atomic mass is 9.90. The van der Waals surface area contributed by atoms with Crippen molar-refractivity contribution in [2.24, 2.45) is 5.92 Å². The van der Waals surface area contributed by atoms with Gasteiger partial charge in [-0.05, 0) is 30.0 Å². The van der Waals surface area contributed by atoms with Gasteiger partial charge in [0.25, 0.3) is 11.5 Å². The first-order valence-electron chi connectivity index (χ1n) is 8.76. The minimum Gasteiger partial charge on any atom is -0.356 e. The Morgan fingerprint density at radius 3 is 2.85 bits per heavy atom. The van der Waals surface area contributed by atoms with Crippen LogP contribution in [0.2, 0.25) is 5.02 Å². The summed E-state index contributed by atoms with van der Waals surface area (Å²) in [7, 11) is 0. The predicted molar refractivity (Wildman–Crippen MR) is 103 cm³/mol. The fourth-order valence-electron chi connectivity index (χ4n) is 3.96. The number of H-pyrrole nitrogens is 2. The number of carbonyl (C=O) groups is 1. The standard InChI is InChI=1S/C20H20ClN3O2/c1-11(2)18-17-14(13-5-3-4-6-16(13)23-17)7-8-24(18)20(26)15-9-12(21)10-22-19(15)25/h3-6,9-11,18,23H,7-8H2,1-2H3,(H,22,25). The molecule has 134 valence electrons. The number of hydrogen-bond acceptors (Lipinski definition) is 2. The van der Waals surface area contributed by atoms with Crippen LogP contribution >= 0.6 is 11.6 Å². The molecule has 1 atom stereocenters. The van der Waals surface area contributed by atoms with Gasteiger partial charge in [0, 0.05) is 29.3 Å². The van der Waals surface area contributed by atoms with Crippen LogP contribution in [0.15, 0.2) is 41.3 Å². The van der Waals surface area contributed by atoms with E-state index < -0.39 is 5.56 Å². The maximum Gasteiger partial charge on any atom is 0.260 e. The molecule has 1 aliphatic rings. The van der Waals surface area contributed by atoms with Crippen LogP contribution < -0.4 is 5.56 Å². The molecule has 1 aliphatic heterocycles. The van der Waals surface area contributed by atoms with Gasteiger partial charge in [0.2, 0.25) is 0 Å². The smallest absolute Gasteiger partial charge is 0.260 e. The van der Waals surface area contributed by atoms with Crippen LogP contribution in [0, 0.1) is 5.92 Å².